The summed E-state index contributed by atoms with van der Waals surface area (Å²) in [6.07, 6.45) is 1.88. The highest BCUT2D eigenvalue weighted by Crippen LogP contribution is 2.60. The molecule has 1 aromatic rings. The van der Waals surface area contributed by atoms with Gasteiger partial charge in [0.25, 0.3) is 0 Å². The fourth-order valence-corrected chi connectivity index (χ4v) is 4.87. The lowest BCUT2D eigenvalue weighted by atomic mass is 9.77. The van der Waals surface area contributed by atoms with Crippen molar-refractivity contribution in [3.05, 3.63) is 23.3 Å². The SMILES string of the molecule is C[C@H](Sc1ccc2c(c1C(=O)O)OB(O)[C@H]1CC21)[C@H]1CCOC1. The number of carboxylic acids is 1. The third-order valence-corrected chi connectivity index (χ3v) is 6.50. The van der Waals surface area contributed by atoms with Crippen LogP contribution in [-0.4, -0.2) is 41.7 Å². The molecule has 0 aromatic heterocycles. The summed E-state index contributed by atoms with van der Waals surface area (Å²) < 4.78 is 11.0. The van der Waals surface area contributed by atoms with E-state index in [1.54, 1.807) is 11.8 Å². The molecule has 2 fully saturated rings. The summed E-state index contributed by atoms with van der Waals surface area (Å²) in [7, 11) is -0.883. The molecule has 2 N–H and O–H groups in total. The summed E-state index contributed by atoms with van der Waals surface area (Å²) in [5, 5.41) is 19.9. The van der Waals surface area contributed by atoms with Crippen LogP contribution in [-0.2, 0) is 4.74 Å². The van der Waals surface area contributed by atoms with Crippen molar-refractivity contribution in [2.75, 3.05) is 13.2 Å². The minimum absolute atomic E-state index is 0.122. The Bertz CT molecular complexity index is 646. The number of hydrogen-bond donors (Lipinski definition) is 2. The Balaban J connectivity index is 1.67. The highest BCUT2D eigenvalue weighted by atomic mass is 32.2. The molecule has 122 valence electrons. The van der Waals surface area contributed by atoms with Gasteiger partial charge in [-0.15, -0.1) is 11.8 Å². The van der Waals surface area contributed by atoms with E-state index in [0.29, 0.717) is 16.6 Å². The maximum absolute atomic E-state index is 11.8. The zero-order valence-corrected chi connectivity index (χ0v) is 13.7. The summed E-state index contributed by atoms with van der Waals surface area (Å²) in [6.45, 7) is 3.63. The van der Waals surface area contributed by atoms with E-state index < -0.39 is 13.1 Å². The maximum atomic E-state index is 11.8. The molecule has 23 heavy (non-hydrogen) atoms. The Hall–Kier alpha value is -1.18. The van der Waals surface area contributed by atoms with Crippen LogP contribution in [0, 0.1) is 5.92 Å². The number of thioether (sulfide) groups is 1. The normalized spacial score (nSPS) is 29.5. The van der Waals surface area contributed by atoms with Gasteiger partial charge in [0.1, 0.15) is 11.3 Å². The Labute approximate surface area is 139 Å². The molecule has 0 bridgehead atoms. The average molecular weight is 334 g/mol. The highest BCUT2D eigenvalue weighted by Gasteiger charge is 2.54. The first kappa shape index (κ1) is 15.4. The summed E-state index contributed by atoms with van der Waals surface area (Å²) in [4.78, 5) is 12.5. The standard InChI is InChI=1S/C16H19BO5S/c1-8(9-4-5-21-7-9)23-13-3-2-10-11-6-12(11)17(20)22-15(10)14(13)16(18)19/h2-3,8-9,11-12,20H,4-7H2,1H3,(H,18,19)/t8-,9-,11?,12-/m0/s1. The Kier molecular flexibility index (Phi) is 3.82. The van der Waals surface area contributed by atoms with E-state index in [0.717, 1.165) is 31.6 Å². The molecule has 1 aliphatic carbocycles. The lowest BCUT2D eigenvalue weighted by molar-refractivity contribution is 0.0690. The number of rotatable bonds is 4. The number of benzene rings is 1. The number of fused-ring (bicyclic) bond motifs is 3. The monoisotopic (exact) mass is 334 g/mol. The molecule has 1 aromatic carbocycles. The number of hydrogen-bond acceptors (Lipinski definition) is 5. The second-order valence-corrected chi connectivity index (χ2v) is 8.04. The second kappa shape index (κ2) is 5.72. The second-order valence-electron chi connectivity index (χ2n) is 6.62. The van der Waals surface area contributed by atoms with Crippen molar-refractivity contribution in [2.24, 2.45) is 5.92 Å². The van der Waals surface area contributed by atoms with Crippen LogP contribution >= 0.6 is 11.8 Å². The lowest BCUT2D eigenvalue weighted by Crippen LogP contribution is -2.27. The molecular weight excluding hydrogens is 315 g/mol. The number of carbonyl (C=O) groups is 1. The van der Waals surface area contributed by atoms with E-state index in [9.17, 15) is 14.9 Å². The fourth-order valence-electron chi connectivity index (χ4n) is 3.62. The summed E-state index contributed by atoms with van der Waals surface area (Å²) in [5.41, 5.74) is 1.13. The highest BCUT2D eigenvalue weighted by molar-refractivity contribution is 8.00. The van der Waals surface area contributed by atoms with Crippen molar-refractivity contribution in [1.82, 2.24) is 0 Å². The first-order chi connectivity index (χ1) is 11.1. The van der Waals surface area contributed by atoms with Crippen molar-refractivity contribution < 1.29 is 24.3 Å². The number of carboxylic acid groups (broad SMARTS) is 1. The molecule has 3 aliphatic rings. The van der Waals surface area contributed by atoms with Gasteiger partial charge in [-0.25, -0.2) is 4.79 Å². The average Bonchev–Trinajstić information content (AvgIpc) is 3.13. The zero-order chi connectivity index (χ0) is 16.1. The van der Waals surface area contributed by atoms with E-state index in [1.165, 1.54) is 0 Å². The van der Waals surface area contributed by atoms with Crippen molar-refractivity contribution >= 4 is 24.8 Å². The molecule has 1 saturated heterocycles. The minimum Gasteiger partial charge on any atom is -0.535 e. The summed E-state index contributed by atoms with van der Waals surface area (Å²) >= 11 is 1.56. The van der Waals surface area contributed by atoms with Gasteiger partial charge in [0.05, 0.1) is 6.61 Å². The van der Waals surface area contributed by atoms with Crippen molar-refractivity contribution in [3.63, 3.8) is 0 Å². The van der Waals surface area contributed by atoms with Crippen LogP contribution in [0.4, 0.5) is 0 Å². The predicted octanol–water partition coefficient (Wildman–Crippen LogP) is 2.63. The summed E-state index contributed by atoms with van der Waals surface area (Å²) in [5.74, 6) is 0.176. The first-order valence-corrected chi connectivity index (χ1v) is 8.93. The molecule has 4 rings (SSSR count). The minimum atomic E-state index is -0.995. The van der Waals surface area contributed by atoms with Crippen LogP contribution in [0.25, 0.3) is 0 Å². The topological polar surface area (TPSA) is 76.0 Å². The van der Waals surface area contributed by atoms with Crippen LogP contribution in [0.15, 0.2) is 17.0 Å². The van der Waals surface area contributed by atoms with Crippen molar-refractivity contribution in [1.29, 1.82) is 0 Å². The Morgan fingerprint density at radius 2 is 2.30 bits per heavy atom. The van der Waals surface area contributed by atoms with Gasteiger partial charge in [0.2, 0.25) is 0 Å². The van der Waals surface area contributed by atoms with Crippen LogP contribution in [0.1, 0.15) is 41.6 Å². The molecule has 0 radical (unpaired) electrons. The first-order valence-electron chi connectivity index (χ1n) is 8.05. The Morgan fingerprint density at radius 3 is 3.00 bits per heavy atom. The van der Waals surface area contributed by atoms with Gasteiger partial charge >= 0.3 is 13.1 Å². The summed E-state index contributed by atoms with van der Waals surface area (Å²) in [6, 6.07) is 3.87. The molecule has 1 saturated carbocycles. The van der Waals surface area contributed by atoms with E-state index >= 15 is 0 Å². The van der Waals surface area contributed by atoms with Gasteiger partial charge in [-0.1, -0.05) is 13.0 Å². The zero-order valence-electron chi connectivity index (χ0n) is 12.9. The molecule has 0 amide bonds. The van der Waals surface area contributed by atoms with Crippen molar-refractivity contribution in [3.8, 4) is 5.75 Å². The van der Waals surface area contributed by atoms with Crippen LogP contribution < -0.4 is 4.65 Å². The number of aromatic carboxylic acids is 1. The van der Waals surface area contributed by atoms with Crippen LogP contribution in [0.2, 0.25) is 5.82 Å². The number of ether oxygens (including phenoxy) is 1. The van der Waals surface area contributed by atoms with E-state index in [4.69, 9.17) is 9.39 Å². The molecule has 4 atom stereocenters. The smallest absolute Gasteiger partial charge is 0.526 e. The molecule has 7 heteroatoms. The van der Waals surface area contributed by atoms with Crippen LogP contribution in [0.5, 0.6) is 5.75 Å². The van der Waals surface area contributed by atoms with E-state index in [1.807, 2.05) is 12.1 Å². The molecule has 1 unspecified atom stereocenters. The molecule has 5 nitrogen and oxygen atoms in total. The van der Waals surface area contributed by atoms with E-state index in [2.05, 4.69) is 6.92 Å². The van der Waals surface area contributed by atoms with Crippen LogP contribution in [0.3, 0.4) is 0 Å². The third-order valence-electron chi connectivity index (χ3n) is 5.15. The van der Waals surface area contributed by atoms with Gasteiger partial charge in [-0.2, -0.15) is 0 Å². The third kappa shape index (κ3) is 2.64. The largest absolute Gasteiger partial charge is 0.535 e. The predicted molar refractivity (Wildman–Crippen MR) is 87.4 cm³/mol. The van der Waals surface area contributed by atoms with Gasteiger partial charge < -0.3 is 19.5 Å². The van der Waals surface area contributed by atoms with Gasteiger partial charge in [-0.3, -0.25) is 0 Å². The van der Waals surface area contributed by atoms with Gasteiger partial charge in [0.15, 0.2) is 0 Å². The van der Waals surface area contributed by atoms with Gasteiger partial charge in [-0.05, 0) is 36.3 Å². The van der Waals surface area contributed by atoms with E-state index in [-0.39, 0.29) is 22.5 Å². The fraction of sp³-hybridized carbons (Fsp3) is 0.562. The maximum Gasteiger partial charge on any atom is 0.526 e. The molecular formula is C16H19BO5S. The lowest BCUT2D eigenvalue weighted by Gasteiger charge is -2.24. The molecule has 2 heterocycles. The molecule has 0 spiro atoms. The van der Waals surface area contributed by atoms with Crippen molar-refractivity contribution in [2.45, 2.75) is 41.6 Å². The van der Waals surface area contributed by atoms with Gasteiger partial charge in [0, 0.05) is 22.6 Å². The quantitative estimate of drug-likeness (QED) is 0.651. The molecule has 2 aliphatic heterocycles. The Morgan fingerprint density at radius 1 is 1.48 bits per heavy atom.